The lowest BCUT2D eigenvalue weighted by Gasteiger charge is -2.29. The lowest BCUT2D eigenvalue weighted by Crippen LogP contribution is -2.56. The largest absolute Gasteiger partial charge is 0.359 e. The van der Waals surface area contributed by atoms with E-state index in [-0.39, 0.29) is 24.9 Å². The van der Waals surface area contributed by atoms with Gasteiger partial charge in [0.2, 0.25) is 11.8 Å². The predicted octanol–water partition coefficient (Wildman–Crippen LogP) is -0.170. The molecule has 1 N–H and O–H groups in total. The first kappa shape index (κ1) is 10.7. The summed E-state index contributed by atoms with van der Waals surface area (Å²) in [5.74, 6) is 0.338. The Morgan fingerprint density at radius 3 is 3.00 bits per heavy atom. The summed E-state index contributed by atoms with van der Waals surface area (Å²) < 4.78 is 5.01. The molecule has 1 aliphatic rings. The summed E-state index contributed by atoms with van der Waals surface area (Å²) in [6.07, 6.45) is 0. The monoisotopic (exact) mass is 223 g/mol. The van der Waals surface area contributed by atoms with Gasteiger partial charge in [-0.1, -0.05) is 5.16 Å². The number of nitrogens with zero attached hydrogens (tertiary/aromatic N) is 2. The number of piperazine rings is 1. The van der Waals surface area contributed by atoms with Crippen LogP contribution in [0.25, 0.3) is 0 Å². The Morgan fingerprint density at radius 1 is 1.62 bits per heavy atom. The van der Waals surface area contributed by atoms with Crippen molar-refractivity contribution >= 4 is 11.8 Å². The molecule has 0 radical (unpaired) electrons. The minimum Gasteiger partial charge on any atom is -0.359 e. The standard InChI is InChI=1S/C10H13N3O3/c1-6-3-8(16-12-6)4-13-5-9(14)11-7(2)10(13)15/h3,7H,4-5H2,1-2H3,(H,11,14). The Balaban J connectivity index is 2.08. The summed E-state index contributed by atoms with van der Waals surface area (Å²) in [5.41, 5.74) is 0.761. The van der Waals surface area contributed by atoms with Crippen molar-refractivity contribution in [3.05, 3.63) is 17.5 Å². The van der Waals surface area contributed by atoms with Crippen molar-refractivity contribution in [2.75, 3.05) is 6.54 Å². The summed E-state index contributed by atoms with van der Waals surface area (Å²) in [5, 5.41) is 6.31. The van der Waals surface area contributed by atoms with E-state index < -0.39 is 6.04 Å². The average Bonchev–Trinajstić information content (AvgIpc) is 2.60. The number of aromatic nitrogens is 1. The molecule has 1 saturated heterocycles. The highest BCUT2D eigenvalue weighted by Gasteiger charge is 2.29. The van der Waals surface area contributed by atoms with Gasteiger partial charge in [0.15, 0.2) is 5.76 Å². The van der Waals surface area contributed by atoms with Gasteiger partial charge < -0.3 is 14.7 Å². The molecule has 1 aromatic heterocycles. The molecule has 1 fully saturated rings. The van der Waals surface area contributed by atoms with Crippen molar-refractivity contribution in [2.24, 2.45) is 0 Å². The average molecular weight is 223 g/mol. The highest BCUT2D eigenvalue weighted by Crippen LogP contribution is 2.10. The number of hydrogen-bond donors (Lipinski definition) is 1. The minimum atomic E-state index is -0.467. The van der Waals surface area contributed by atoms with Gasteiger partial charge in [0, 0.05) is 6.07 Å². The predicted molar refractivity (Wildman–Crippen MR) is 54.3 cm³/mol. The van der Waals surface area contributed by atoms with Crippen molar-refractivity contribution in [1.82, 2.24) is 15.4 Å². The van der Waals surface area contributed by atoms with Crippen LogP contribution in [0.1, 0.15) is 18.4 Å². The van der Waals surface area contributed by atoms with Crippen molar-refractivity contribution in [2.45, 2.75) is 26.4 Å². The zero-order chi connectivity index (χ0) is 11.7. The van der Waals surface area contributed by atoms with Crippen molar-refractivity contribution in [3.63, 3.8) is 0 Å². The normalized spacial score (nSPS) is 21.1. The molecule has 0 aliphatic carbocycles. The Bertz CT molecular complexity index is 427. The molecule has 1 atom stereocenters. The summed E-state index contributed by atoms with van der Waals surface area (Å²) in [6, 6.07) is 1.29. The Morgan fingerprint density at radius 2 is 2.38 bits per heavy atom. The molecule has 6 nitrogen and oxygen atoms in total. The van der Waals surface area contributed by atoms with Gasteiger partial charge >= 0.3 is 0 Å². The number of rotatable bonds is 2. The first-order valence-electron chi connectivity index (χ1n) is 5.06. The van der Waals surface area contributed by atoms with Gasteiger partial charge in [-0.3, -0.25) is 9.59 Å². The number of carbonyl (C=O) groups excluding carboxylic acids is 2. The van der Waals surface area contributed by atoms with Gasteiger partial charge in [-0.2, -0.15) is 0 Å². The van der Waals surface area contributed by atoms with Crippen LogP contribution in [0.15, 0.2) is 10.6 Å². The van der Waals surface area contributed by atoms with Crippen LogP contribution in [0.2, 0.25) is 0 Å². The number of hydrogen-bond acceptors (Lipinski definition) is 4. The zero-order valence-electron chi connectivity index (χ0n) is 9.19. The Kier molecular flexibility index (Phi) is 2.64. The lowest BCUT2D eigenvalue weighted by molar-refractivity contribution is -0.144. The molecule has 6 heteroatoms. The summed E-state index contributed by atoms with van der Waals surface area (Å²) in [7, 11) is 0. The van der Waals surface area contributed by atoms with E-state index in [0.717, 1.165) is 5.69 Å². The first-order valence-corrected chi connectivity index (χ1v) is 5.06. The lowest BCUT2D eigenvalue weighted by atomic mass is 10.2. The second-order valence-electron chi connectivity index (χ2n) is 3.92. The van der Waals surface area contributed by atoms with Crippen LogP contribution in [0.5, 0.6) is 0 Å². The van der Waals surface area contributed by atoms with Gasteiger partial charge in [-0.15, -0.1) is 0 Å². The molecule has 1 unspecified atom stereocenters. The molecule has 1 aromatic rings. The Labute approximate surface area is 92.6 Å². The molecule has 0 bridgehead atoms. The highest BCUT2D eigenvalue weighted by atomic mass is 16.5. The van der Waals surface area contributed by atoms with Gasteiger partial charge in [0.05, 0.1) is 12.2 Å². The maximum absolute atomic E-state index is 11.7. The molecule has 1 aliphatic heterocycles. The van der Waals surface area contributed by atoms with Crippen LogP contribution in [0, 0.1) is 6.92 Å². The molecule has 16 heavy (non-hydrogen) atoms. The van der Waals surface area contributed by atoms with E-state index in [1.165, 1.54) is 4.90 Å². The maximum atomic E-state index is 11.7. The second-order valence-corrected chi connectivity index (χ2v) is 3.92. The molecule has 2 amide bonds. The van der Waals surface area contributed by atoms with E-state index in [4.69, 9.17) is 4.52 Å². The zero-order valence-corrected chi connectivity index (χ0v) is 9.19. The van der Waals surface area contributed by atoms with E-state index >= 15 is 0 Å². The number of amides is 2. The molecule has 86 valence electrons. The van der Waals surface area contributed by atoms with Crippen LogP contribution in [0.3, 0.4) is 0 Å². The van der Waals surface area contributed by atoms with E-state index in [9.17, 15) is 9.59 Å². The third kappa shape index (κ3) is 2.05. The summed E-state index contributed by atoms with van der Waals surface area (Å²) >= 11 is 0. The fourth-order valence-electron chi connectivity index (χ4n) is 1.69. The van der Waals surface area contributed by atoms with Crippen LogP contribution in [0.4, 0.5) is 0 Å². The number of aryl methyl sites for hydroxylation is 1. The third-order valence-corrected chi connectivity index (χ3v) is 2.42. The van der Waals surface area contributed by atoms with Crippen molar-refractivity contribution < 1.29 is 14.1 Å². The highest BCUT2D eigenvalue weighted by molar-refractivity contribution is 5.94. The van der Waals surface area contributed by atoms with Gasteiger partial charge in [0.25, 0.3) is 0 Å². The fraction of sp³-hybridized carbons (Fsp3) is 0.500. The third-order valence-electron chi connectivity index (χ3n) is 2.42. The van der Waals surface area contributed by atoms with Gasteiger partial charge in [-0.05, 0) is 13.8 Å². The quantitative estimate of drug-likeness (QED) is 0.755. The minimum absolute atomic E-state index is 0.0723. The topological polar surface area (TPSA) is 75.4 Å². The van der Waals surface area contributed by atoms with E-state index in [1.807, 2.05) is 0 Å². The molecule has 0 saturated carbocycles. The van der Waals surface area contributed by atoms with Gasteiger partial charge in [0.1, 0.15) is 12.6 Å². The molecule has 0 spiro atoms. The molecule has 2 heterocycles. The van der Waals surface area contributed by atoms with E-state index in [2.05, 4.69) is 10.5 Å². The number of carbonyl (C=O) groups is 2. The van der Waals surface area contributed by atoms with Crippen LogP contribution >= 0.6 is 0 Å². The van der Waals surface area contributed by atoms with Crippen LogP contribution in [-0.4, -0.2) is 34.5 Å². The first-order chi connectivity index (χ1) is 7.56. The smallest absolute Gasteiger partial charge is 0.245 e. The SMILES string of the molecule is Cc1cc(CN2CC(=O)NC(C)C2=O)on1. The summed E-state index contributed by atoms with van der Waals surface area (Å²) in [6.45, 7) is 3.83. The van der Waals surface area contributed by atoms with Crippen molar-refractivity contribution in [3.8, 4) is 0 Å². The molecule has 2 rings (SSSR count). The van der Waals surface area contributed by atoms with Crippen LogP contribution in [-0.2, 0) is 16.1 Å². The molecule has 0 aromatic carbocycles. The maximum Gasteiger partial charge on any atom is 0.245 e. The summed E-state index contributed by atoms with van der Waals surface area (Å²) in [4.78, 5) is 24.5. The van der Waals surface area contributed by atoms with Crippen molar-refractivity contribution in [1.29, 1.82) is 0 Å². The Hall–Kier alpha value is -1.85. The molecular weight excluding hydrogens is 210 g/mol. The van der Waals surface area contributed by atoms with Gasteiger partial charge in [-0.25, -0.2) is 0 Å². The van der Waals surface area contributed by atoms with E-state index in [1.54, 1.807) is 19.9 Å². The number of nitrogens with one attached hydrogen (secondary N) is 1. The second kappa shape index (κ2) is 3.96. The molecular formula is C10H13N3O3. The van der Waals surface area contributed by atoms with Crippen LogP contribution < -0.4 is 5.32 Å². The van der Waals surface area contributed by atoms with E-state index in [0.29, 0.717) is 5.76 Å². The fourth-order valence-corrected chi connectivity index (χ4v) is 1.69.